The summed E-state index contributed by atoms with van der Waals surface area (Å²) in [5.41, 5.74) is 0. The summed E-state index contributed by atoms with van der Waals surface area (Å²) in [6.45, 7) is 5.47. The quantitative estimate of drug-likeness (QED) is 0.0294. The molecule has 0 aliphatic rings. The number of carbonyl (C=O) groups is 2. The summed E-state index contributed by atoms with van der Waals surface area (Å²) in [6.07, 6.45) is 36.0. The molecule has 0 aromatic heterocycles. The second-order valence-corrected chi connectivity index (χ2v) is 12.7. The predicted octanol–water partition coefficient (Wildman–Crippen LogP) is 13.8. The van der Waals surface area contributed by atoms with Gasteiger partial charge in [-0.1, -0.05) is 192 Å². The minimum atomic E-state index is -0.662. The molecule has 0 heterocycles. The Kier molecular flexibility index (Phi) is 44.2. The molecule has 44 heavy (non-hydrogen) atoms. The van der Waals surface area contributed by atoms with Crippen molar-refractivity contribution in [3.8, 4) is 0 Å². The molecule has 0 aromatic carbocycles. The van der Waals surface area contributed by atoms with Gasteiger partial charge >= 0.3 is 12.3 Å². The fourth-order valence-corrected chi connectivity index (χ4v) is 5.42. The first-order valence-corrected chi connectivity index (χ1v) is 20.4. The molecule has 0 aliphatic carbocycles. The Morgan fingerprint density at radius 3 is 0.909 bits per heavy atom. The van der Waals surface area contributed by atoms with Crippen molar-refractivity contribution in [2.45, 2.75) is 194 Å². The molecule has 0 atom stereocenters. The first-order chi connectivity index (χ1) is 21.6. The Labute approximate surface area is 291 Å². The summed E-state index contributed by atoms with van der Waals surface area (Å²) in [5.74, 6) is 0. The van der Waals surface area contributed by atoms with Crippen molar-refractivity contribution in [1.82, 2.24) is 0 Å². The van der Waals surface area contributed by atoms with Crippen LogP contribution in [0.15, 0.2) is 0 Å². The number of carbonyl (C=O) groups excluding carboxylic acids is 2. The number of rotatable bonds is 32. The lowest BCUT2D eigenvalue weighted by Crippen LogP contribution is -2.07. The van der Waals surface area contributed by atoms with Crippen molar-refractivity contribution in [1.29, 1.82) is 0 Å². The van der Waals surface area contributed by atoms with Gasteiger partial charge in [0.25, 0.3) is 0 Å². The minimum Gasteiger partial charge on any atom is -0.434 e. The van der Waals surface area contributed by atoms with E-state index < -0.39 is 12.3 Å². The number of halogens is 2. The summed E-state index contributed by atoms with van der Waals surface area (Å²) in [4.78, 5) is 21.8. The zero-order valence-corrected chi connectivity index (χ0v) is 31.7. The summed E-state index contributed by atoms with van der Waals surface area (Å²) in [7, 11) is 0. The van der Waals surface area contributed by atoms with E-state index in [1.165, 1.54) is 154 Å². The van der Waals surface area contributed by atoms with Crippen molar-refractivity contribution >= 4 is 46.5 Å². The molecular weight excluding hydrogens is 691 g/mol. The van der Waals surface area contributed by atoms with E-state index in [0.717, 1.165) is 25.7 Å². The summed E-state index contributed by atoms with van der Waals surface area (Å²) >= 11 is 7.23. The van der Waals surface area contributed by atoms with Gasteiger partial charge in [-0.15, -0.1) is 0 Å². The smallest absolute Gasteiger partial charge is 0.434 e. The van der Waals surface area contributed by atoms with Gasteiger partial charge in [-0.3, -0.25) is 0 Å². The maximum Gasteiger partial charge on any atom is 0.509 e. The van der Waals surface area contributed by atoms with Crippen LogP contribution in [0.5, 0.6) is 0 Å². The molecule has 0 spiro atoms. The Morgan fingerprint density at radius 1 is 0.409 bits per heavy atom. The normalized spacial score (nSPS) is 10.6. The maximum atomic E-state index is 10.9. The van der Waals surface area contributed by atoms with Gasteiger partial charge in [-0.05, 0) is 35.4 Å². The highest BCUT2D eigenvalue weighted by Crippen LogP contribution is 2.14. The SMILES string of the molecule is CCCCCCCCCCCCCCCCOC(=O)OCCl.CCCCCCCCCCCCCCCCOC(=O)OCI. The molecule has 0 aliphatic heterocycles. The highest BCUT2D eigenvalue weighted by Gasteiger charge is 2.02. The molecule has 0 fully saturated rings. The van der Waals surface area contributed by atoms with E-state index in [2.05, 4.69) is 23.3 Å². The third-order valence-electron chi connectivity index (χ3n) is 7.78. The standard InChI is InChI=1S/C18H35ClO3.C18H35IO3/c2*1-2-3-4-5-6-7-8-9-10-11-12-13-14-15-16-21-18(20)22-17-19/h2*2-17H2,1H3. The molecule has 0 aromatic rings. The van der Waals surface area contributed by atoms with E-state index in [1.54, 1.807) is 0 Å². The summed E-state index contributed by atoms with van der Waals surface area (Å²) in [6, 6.07) is -0.141. The van der Waals surface area contributed by atoms with Gasteiger partial charge < -0.3 is 18.9 Å². The molecule has 264 valence electrons. The zero-order chi connectivity index (χ0) is 32.6. The van der Waals surface area contributed by atoms with Gasteiger partial charge in [0, 0.05) is 0 Å². The van der Waals surface area contributed by atoms with E-state index >= 15 is 0 Å². The molecule has 0 radical (unpaired) electrons. The number of hydrogen-bond donors (Lipinski definition) is 0. The number of alkyl halides is 2. The van der Waals surface area contributed by atoms with Crippen molar-refractivity contribution in [2.75, 3.05) is 23.9 Å². The van der Waals surface area contributed by atoms with Crippen LogP contribution in [0.25, 0.3) is 0 Å². The summed E-state index contributed by atoms with van der Waals surface area (Å²) < 4.78 is 19.3. The molecule has 0 saturated carbocycles. The fraction of sp³-hybridized carbons (Fsp3) is 0.944. The second-order valence-electron chi connectivity index (χ2n) is 11.9. The maximum absolute atomic E-state index is 10.9. The number of hydrogen-bond acceptors (Lipinski definition) is 6. The largest absolute Gasteiger partial charge is 0.509 e. The van der Waals surface area contributed by atoms with Crippen LogP contribution < -0.4 is 0 Å². The first kappa shape index (κ1) is 45.7. The van der Waals surface area contributed by atoms with Gasteiger partial charge in [-0.2, -0.15) is 0 Å². The van der Waals surface area contributed by atoms with E-state index in [4.69, 9.17) is 21.1 Å². The number of ether oxygens (including phenoxy) is 4. The topological polar surface area (TPSA) is 71.1 Å². The molecule has 0 N–H and O–H groups in total. The van der Waals surface area contributed by atoms with Crippen molar-refractivity contribution in [2.24, 2.45) is 0 Å². The Hall–Kier alpha value is -0.440. The van der Waals surface area contributed by atoms with Gasteiger partial charge in [-0.25, -0.2) is 9.59 Å². The van der Waals surface area contributed by atoms with Crippen LogP contribution in [0, 0.1) is 0 Å². The van der Waals surface area contributed by atoms with Crippen LogP contribution in [-0.4, -0.2) is 36.2 Å². The van der Waals surface area contributed by atoms with Crippen molar-refractivity contribution in [3.63, 3.8) is 0 Å². The van der Waals surface area contributed by atoms with E-state index in [1.807, 2.05) is 22.6 Å². The highest BCUT2D eigenvalue weighted by atomic mass is 127. The average molecular weight is 761 g/mol. The third kappa shape index (κ3) is 43.7. The van der Waals surface area contributed by atoms with Crippen molar-refractivity contribution in [3.05, 3.63) is 0 Å². The van der Waals surface area contributed by atoms with Crippen LogP contribution in [0.1, 0.15) is 194 Å². The van der Waals surface area contributed by atoms with E-state index in [-0.39, 0.29) is 6.07 Å². The van der Waals surface area contributed by atoms with E-state index in [0.29, 0.717) is 17.8 Å². The zero-order valence-electron chi connectivity index (χ0n) is 28.8. The minimum absolute atomic E-state index is 0.141. The van der Waals surface area contributed by atoms with Crippen LogP contribution in [-0.2, 0) is 18.9 Å². The molecule has 0 rings (SSSR count). The molecule has 6 nitrogen and oxygen atoms in total. The highest BCUT2D eigenvalue weighted by molar-refractivity contribution is 14.1. The van der Waals surface area contributed by atoms with Crippen LogP contribution in [0.4, 0.5) is 9.59 Å². The molecule has 8 heteroatoms. The van der Waals surface area contributed by atoms with Gasteiger partial charge in [0.1, 0.15) is 4.61 Å². The van der Waals surface area contributed by atoms with Gasteiger partial charge in [0.2, 0.25) is 0 Å². The summed E-state index contributed by atoms with van der Waals surface area (Å²) in [5, 5.41) is 0. The van der Waals surface area contributed by atoms with Gasteiger partial charge in [0.05, 0.1) is 13.2 Å². The molecular formula is C36H70ClIO6. The van der Waals surface area contributed by atoms with Crippen LogP contribution in [0.2, 0.25) is 0 Å². The predicted molar refractivity (Wildman–Crippen MR) is 195 cm³/mol. The molecule has 0 amide bonds. The lowest BCUT2D eigenvalue weighted by molar-refractivity contribution is 0.0661. The lowest BCUT2D eigenvalue weighted by atomic mass is 10.0. The lowest BCUT2D eigenvalue weighted by Gasteiger charge is -2.04. The number of unbranched alkanes of at least 4 members (excludes halogenated alkanes) is 26. The third-order valence-corrected chi connectivity index (χ3v) is 8.20. The average Bonchev–Trinajstić information content (AvgIpc) is 3.01. The van der Waals surface area contributed by atoms with E-state index in [9.17, 15) is 9.59 Å². The Bertz CT molecular complexity index is 519. The first-order valence-electron chi connectivity index (χ1n) is 18.3. The second kappa shape index (κ2) is 42.6. The van der Waals surface area contributed by atoms with Gasteiger partial charge in [0.15, 0.2) is 6.07 Å². The van der Waals surface area contributed by atoms with Crippen molar-refractivity contribution < 1.29 is 28.5 Å². The monoisotopic (exact) mass is 760 g/mol. The molecule has 0 saturated heterocycles. The molecule has 0 unspecified atom stereocenters. The Morgan fingerprint density at radius 2 is 0.659 bits per heavy atom. The molecule has 0 bridgehead atoms. The fourth-order valence-electron chi connectivity index (χ4n) is 5.08. The van der Waals surface area contributed by atoms with Crippen LogP contribution >= 0.6 is 34.2 Å². The Balaban J connectivity index is 0. The van der Waals surface area contributed by atoms with Crippen LogP contribution in [0.3, 0.4) is 0 Å².